The predicted octanol–water partition coefficient (Wildman–Crippen LogP) is -2.12. The fourth-order valence-electron chi connectivity index (χ4n) is 1.33. The van der Waals surface area contributed by atoms with Crippen molar-refractivity contribution in [3.63, 3.8) is 0 Å². The van der Waals surface area contributed by atoms with Crippen molar-refractivity contribution in [2.24, 2.45) is 5.92 Å². The Hall–Kier alpha value is -1.14. The highest BCUT2D eigenvalue weighted by Gasteiger charge is 2.35. The minimum atomic E-state index is -1.54. The molecule has 6 nitrogen and oxygen atoms in total. The SMILES string of the molecule is O=C(O)C(=O)N1CC(O)C(CO)C1. The number of β-amino-alcohol motifs (C(OH)–C–C–N with tert-alkyl or cyclic N) is 1. The smallest absolute Gasteiger partial charge is 0.394 e. The monoisotopic (exact) mass is 189 g/mol. The molecule has 0 aromatic rings. The summed E-state index contributed by atoms with van der Waals surface area (Å²) in [7, 11) is 0. The van der Waals surface area contributed by atoms with Crippen LogP contribution in [0.25, 0.3) is 0 Å². The van der Waals surface area contributed by atoms with E-state index in [0.717, 1.165) is 4.90 Å². The molecule has 0 spiro atoms. The Bertz CT molecular complexity index is 229. The van der Waals surface area contributed by atoms with Crippen molar-refractivity contribution < 1.29 is 24.9 Å². The van der Waals surface area contributed by atoms with Crippen LogP contribution in [0.4, 0.5) is 0 Å². The average Bonchev–Trinajstić information content (AvgIpc) is 2.45. The van der Waals surface area contributed by atoms with Gasteiger partial charge in [-0.25, -0.2) is 4.79 Å². The van der Waals surface area contributed by atoms with E-state index in [1.807, 2.05) is 0 Å². The highest BCUT2D eigenvalue weighted by atomic mass is 16.4. The highest BCUT2D eigenvalue weighted by Crippen LogP contribution is 2.16. The average molecular weight is 189 g/mol. The molecule has 0 aliphatic carbocycles. The van der Waals surface area contributed by atoms with Crippen LogP contribution in [0, 0.1) is 5.92 Å². The van der Waals surface area contributed by atoms with E-state index in [2.05, 4.69) is 0 Å². The third-order valence-electron chi connectivity index (χ3n) is 2.11. The molecule has 0 aromatic carbocycles. The van der Waals surface area contributed by atoms with Crippen molar-refractivity contribution in [1.82, 2.24) is 4.90 Å². The van der Waals surface area contributed by atoms with Gasteiger partial charge in [-0.15, -0.1) is 0 Å². The van der Waals surface area contributed by atoms with Gasteiger partial charge in [0, 0.05) is 19.0 Å². The fourth-order valence-corrected chi connectivity index (χ4v) is 1.33. The maximum atomic E-state index is 10.9. The van der Waals surface area contributed by atoms with Crippen molar-refractivity contribution in [3.05, 3.63) is 0 Å². The number of likely N-dealkylation sites (tertiary alicyclic amines) is 1. The largest absolute Gasteiger partial charge is 0.474 e. The molecule has 0 radical (unpaired) electrons. The molecule has 3 N–H and O–H groups in total. The normalized spacial score (nSPS) is 27.7. The summed E-state index contributed by atoms with van der Waals surface area (Å²) in [5.41, 5.74) is 0. The van der Waals surface area contributed by atoms with Crippen LogP contribution in [0.15, 0.2) is 0 Å². The van der Waals surface area contributed by atoms with E-state index in [1.54, 1.807) is 0 Å². The quantitative estimate of drug-likeness (QED) is 0.410. The summed E-state index contributed by atoms with van der Waals surface area (Å²) in [6.45, 7) is -0.163. The molecule has 2 unspecified atom stereocenters. The number of carbonyl (C=O) groups excluding carboxylic acids is 1. The number of carbonyl (C=O) groups is 2. The number of hydrogen-bond acceptors (Lipinski definition) is 4. The Morgan fingerprint density at radius 1 is 1.38 bits per heavy atom. The second kappa shape index (κ2) is 3.71. The maximum Gasteiger partial charge on any atom is 0.394 e. The van der Waals surface area contributed by atoms with Gasteiger partial charge >= 0.3 is 11.9 Å². The van der Waals surface area contributed by atoms with Gasteiger partial charge in [0.25, 0.3) is 0 Å². The second-order valence-corrected chi connectivity index (χ2v) is 3.03. The highest BCUT2D eigenvalue weighted by molar-refractivity contribution is 6.31. The van der Waals surface area contributed by atoms with Gasteiger partial charge in [-0.3, -0.25) is 4.79 Å². The molecule has 1 saturated heterocycles. The van der Waals surface area contributed by atoms with Crippen LogP contribution in [0.3, 0.4) is 0 Å². The third kappa shape index (κ3) is 1.96. The number of rotatable bonds is 1. The molecule has 1 heterocycles. The van der Waals surface area contributed by atoms with Gasteiger partial charge in [0.2, 0.25) is 0 Å². The molecule has 6 heteroatoms. The van der Waals surface area contributed by atoms with Gasteiger partial charge in [-0.2, -0.15) is 0 Å². The lowest BCUT2D eigenvalue weighted by molar-refractivity contribution is -0.155. The van der Waals surface area contributed by atoms with Gasteiger partial charge in [-0.05, 0) is 0 Å². The minimum Gasteiger partial charge on any atom is -0.474 e. The van der Waals surface area contributed by atoms with Crippen molar-refractivity contribution in [2.45, 2.75) is 6.10 Å². The van der Waals surface area contributed by atoms with Gasteiger partial charge in [0.05, 0.1) is 12.7 Å². The van der Waals surface area contributed by atoms with Crippen molar-refractivity contribution in [2.75, 3.05) is 19.7 Å². The van der Waals surface area contributed by atoms with Gasteiger partial charge in [-0.1, -0.05) is 0 Å². The molecule has 0 saturated carbocycles. The van der Waals surface area contributed by atoms with Crippen LogP contribution in [-0.2, 0) is 9.59 Å². The Balaban J connectivity index is 2.58. The number of aliphatic hydroxyl groups is 2. The Labute approximate surface area is 74.4 Å². The number of carboxylic acids is 1. The Morgan fingerprint density at radius 3 is 2.38 bits per heavy atom. The first-order valence-electron chi connectivity index (χ1n) is 3.87. The number of hydrogen-bond donors (Lipinski definition) is 3. The zero-order chi connectivity index (χ0) is 10.0. The molecule has 1 aliphatic rings. The molecule has 74 valence electrons. The van der Waals surface area contributed by atoms with Crippen LogP contribution in [-0.4, -0.2) is 57.9 Å². The van der Waals surface area contributed by atoms with Crippen LogP contribution in [0.2, 0.25) is 0 Å². The number of aliphatic carboxylic acids is 1. The van der Waals surface area contributed by atoms with Crippen molar-refractivity contribution in [1.29, 1.82) is 0 Å². The van der Waals surface area contributed by atoms with Crippen LogP contribution in [0.1, 0.15) is 0 Å². The molecule has 0 aromatic heterocycles. The van der Waals surface area contributed by atoms with Gasteiger partial charge in [0.15, 0.2) is 0 Å². The predicted molar refractivity (Wildman–Crippen MR) is 40.8 cm³/mol. The van der Waals surface area contributed by atoms with Crippen LogP contribution >= 0.6 is 0 Å². The molecular formula is C7H11NO5. The molecule has 1 fully saturated rings. The number of amides is 1. The van der Waals surface area contributed by atoms with Crippen LogP contribution in [0.5, 0.6) is 0 Å². The van der Waals surface area contributed by atoms with E-state index in [0.29, 0.717) is 0 Å². The lowest BCUT2D eigenvalue weighted by Crippen LogP contribution is -2.35. The lowest BCUT2D eigenvalue weighted by atomic mass is 10.1. The summed E-state index contributed by atoms with van der Waals surface area (Å²) >= 11 is 0. The molecule has 13 heavy (non-hydrogen) atoms. The fraction of sp³-hybridized carbons (Fsp3) is 0.714. The number of nitrogens with zero attached hydrogens (tertiary/aromatic N) is 1. The minimum absolute atomic E-state index is 0.0175. The second-order valence-electron chi connectivity index (χ2n) is 3.03. The maximum absolute atomic E-state index is 10.9. The van der Waals surface area contributed by atoms with E-state index in [9.17, 15) is 14.7 Å². The van der Waals surface area contributed by atoms with Crippen molar-refractivity contribution >= 4 is 11.9 Å². The van der Waals surface area contributed by atoms with Gasteiger partial charge in [0.1, 0.15) is 0 Å². The summed E-state index contributed by atoms with van der Waals surface area (Å²) in [6, 6.07) is 0. The molecule has 0 bridgehead atoms. The zero-order valence-electron chi connectivity index (χ0n) is 6.88. The first kappa shape index (κ1) is 9.94. The first-order chi connectivity index (χ1) is 6.06. The first-order valence-corrected chi connectivity index (χ1v) is 3.87. The molecule has 1 amide bonds. The molecular weight excluding hydrogens is 178 g/mol. The van der Waals surface area contributed by atoms with E-state index in [1.165, 1.54) is 0 Å². The lowest BCUT2D eigenvalue weighted by Gasteiger charge is -2.11. The standard InChI is InChI=1S/C7H11NO5/c9-3-4-1-8(2-5(4)10)6(11)7(12)13/h4-5,9-10H,1-3H2,(H,12,13). The van der Waals surface area contributed by atoms with E-state index in [4.69, 9.17) is 10.2 Å². The third-order valence-corrected chi connectivity index (χ3v) is 2.11. The Morgan fingerprint density at radius 2 is 2.00 bits per heavy atom. The summed E-state index contributed by atoms with van der Waals surface area (Å²) in [5, 5.41) is 26.3. The molecule has 2 atom stereocenters. The topological polar surface area (TPSA) is 98.1 Å². The van der Waals surface area contributed by atoms with E-state index >= 15 is 0 Å². The van der Waals surface area contributed by atoms with Crippen molar-refractivity contribution in [3.8, 4) is 0 Å². The summed E-state index contributed by atoms with van der Waals surface area (Å²) in [5.74, 6) is -3.00. The molecule has 1 aliphatic heterocycles. The summed E-state index contributed by atoms with van der Waals surface area (Å²) in [6.07, 6.45) is -0.826. The van der Waals surface area contributed by atoms with Gasteiger partial charge < -0.3 is 20.2 Å². The number of carboxylic acid groups (broad SMARTS) is 1. The van der Waals surface area contributed by atoms with E-state index < -0.39 is 23.9 Å². The number of aliphatic hydroxyl groups excluding tert-OH is 2. The molecule has 1 rings (SSSR count). The summed E-state index contributed by atoms with van der Waals surface area (Å²) in [4.78, 5) is 22.2. The zero-order valence-corrected chi connectivity index (χ0v) is 6.88. The summed E-state index contributed by atoms with van der Waals surface area (Å²) < 4.78 is 0. The van der Waals surface area contributed by atoms with E-state index in [-0.39, 0.29) is 19.7 Å². The van der Waals surface area contributed by atoms with Crippen LogP contribution < -0.4 is 0 Å². The Kier molecular flexibility index (Phi) is 2.84.